The molecule has 0 aliphatic carbocycles. The fraction of sp³-hybridized carbons (Fsp3) is 0.231. The lowest BCUT2D eigenvalue weighted by atomic mass is 10.1. The highest BCUT2D eigenvalue weighted by molar-refractivity contribution is 5.91. The average Bonchev–Trinajstić information content (AvgIpc) is 2.82. The molecule has 2 rings (SSSR count). The number of hydrogen-bond acceptors (Lipinski definition) is 6. The van der Waals surface area contributed by atoms with Gasteiger partial charge in [0, 0.05) is 6.07 Å². The van der Waals surface area contributed by atoms with Crippen molar-refractivity contribution >= 4 is 17.3 Å². The second kappa shape index (κ2) is 5.43. The first-order chi connectivity index (χ1) is 9.10. The zero-order valence-electron chi connectivity index (χ0n) is 10.8. The fourth-order valence-corrected chi connectivity index (χ4v) is 1.65. The molecule has 0 atom stereocenters. The second-order valence-electron chi connectivity index (χ2n) is 4.08. The summed E-state index contributed by atoms with van der Waals surface area (Å²) in [6.45, 7) is 2.33. The Hall–Kier alpha value is -2.50. The molecule has 6 heteroatoms. The van der Waals surface area contributed by atoms with E-state index in [0.717, 1.165) is 11.4 Å². The van der Waals surface area contributed by atoms with Gasteiger partial charge in [-0.2, -0.15) is 0 Å². The standard InChI is InChI=1S/C13H15N3O3/c1-8-5-10(19-16-8)7-15-12-4-3-9(6-11(12)14)13(17)18-2/h3-6,15H,7,14H2,1-2H3. The van der Waals surface area contributed by atoms with Crippen molar-refractivity contribution in [3.8, 4) is 0 Å². The number of nitrogen functional groups attached to an aromatic ring is 1. The molecule has 1 aromatic heterocycles. The van der Waals surface area contributed by atoms with Crippen molar-refractivity contribution in [1.82, 2.24) is 5.16 Å². The van der Waals surface area contributed by atoms with Crippen LogP contribution < -0.4 is 11.1 Å². The van der Waals surface area contributed by atoms with Crippen molar-refractivity contribution in [2.45, 2.75) is 13.5 Å². The molecule has 0 radical (unpaired) electrons. The number of nitrogens with one attached hydrogen (secondary N) is 1. The molecule has 0 spiro atoms. The molecule has 0 saturated heterocycles. The van der Waals surface area contributed by atoms with E-state index in [4.69, 9.17) is 10.3 Å². The van der Waals surface area contributed by atoms with Crippen molar-refractivity contribution in [2.75, 3.05) is 18.2 Å². The molecule has 3 N–H and O–H groups in total. The summed E-state index contributed by atoms with van der Waals surface area (Å²) in [5.74, 6) is 0.304. The first kappa shape index (κ1) is 12.9. The van der Waals surface area contributed by atoms with Gasteiger partial charge in [0.15, 0.2) is 5.76 Å². The first-order valence-corrected chi connectivity index (χ1v) is 5.74. The Kier molecular flexibility index (Phi) is 3.70. The van der Waals surface area contributed by atoms with E-state index in [1.807, 2.05) is 13.0 Å². The van der Waals surface area contributed by atoms with Gasteiger partial charge in [-0.25, -0.2) is 4.79 Å². The molecule has 0 aliphatic heterocycles. The number of carbonyl (C=O) groups is 1. The third-order valence-electron chi connectivity index (χ3n) is 2.60. The van der Waals surface area contributed by atoms with Gasteiger partial charge >= 0.3 is 5.97 Å². The summed E-state index contributed by atoms with van der Waals surface area (Å²) in [6, 6.07) is 6.78. The van der Waals surface area contributed by atoms with Crippen molar-refractivity contribution < 1.29 is 14.1 Å². The van der Waals surface area contributed by atoms with Gasteiger partial charge in [0.05, 0.1) is 36.3 Å². The number of carbonyl (C=O) groups excluding carboxylic acids is 1. The molecule has 19 heavy (non-hydrogen) atoms. The van der Waals surface area contributed by atoms with Crippen molar-refractivity contribution in [1.29, 1.82) is 0 Å². The van der Waals surface area contributed by atoms with E-state index in [9.17, 15) is 4.79 Å². The molecule has 1 aromatic carbocycles. The largest absolute Gasteiger partial charge is 0.465 e. The van der Waals surface area contributed by atoms with Crippen LogP contribution in [0.2, 0.25) is 0 Å². The van der Waals surface area contributed by atoms with E-state index in [1.54, 1.807) is 18.2 Å². The van der Waals surface area contributed by atoms with Crippen LogP contribution in [0.1, 0.15) is 21.8 Å². The Morgan fingerprint density at radius 3 is 2.84 bits per heavy atom. The number of esters is 1. The van der Waals surface area contributed by atoms with E-state index < -0.39 is 5.97 Å². The predicted molar refractivity (Wildman–Crippen MR) is 70.8 cm³/mol. The minimum atomic E-state index is -0.413. The Bertz CT molecular complexity index is 593. The van der Waals surface area contributed by atoms with Crippen LogP contribution in [0.5, 0.6) is 0 Å². The van der Waals surface area contributed by atoms with Gasteiger partial charge in [0.2, 0.25) is 0 Å². The topological polar surface area (TPSA) is 90.4 Å². The summed E-state index contributed by atoms with van der Waals surface area (Å²) in [7, 11) is 1.33. The number of anilines is 2. The highest BCUT2D eigenvalue weighted by Crippen LogP contribution is 2.21. The third-order valence-corrected chi connectivity index (χ3v) is 2.60. The number of nitrogens with zero attached hydrogens (tertiary/aromatic N) is 1. The zero-order valence-corrected chi connectivity index (χ0v) is 10.8. The lowest BCUT2D eigenvalue weighted by Crippen LogP contribution is -2.05. The summed E-state index contributed by atoms with van der Waals surface area (Å²) in [5.41, 5.74) is 8.30. The Morgan fingerprint density at radius 2 is 2.26 bits per heavy atom. The molecule has 0 fully saturated rings. The van der Waals surface area contributed by atoms with Crippen LogP contribution >= 0.6 is 0 Å². The molecular weight excluding hydrogens is 246 g/mol. The van der Waals surface area contributed by atoms with E-state index >= 15 is 0 Å². The van der Waals surface area contributed by atoms with Crippen LogP contribution in [0.4, 0.5) is 11.4 Å². The number of rotatable bonds is 4. The minimum Gasteiger partial charge on any atom is -0.465 e. The maximum Gasteiger partial charge on any atom is 0.337 e. The van der Waals surface area contributed by atoms with Gasteiger partial charge in [-0.15, -0.1) is 0 Å². The normalized spacial score (nSPS) is 10.2. The summed E-state index contributed by atoms with van der Waals surface area (Å²) >= 11 is 0. The molecule has 6 nitrogen and oxygen atoms in total. The molecule has 0 aliphatic rings. The summed E-state index contributed by atoms with van der Waals surface area (Å²) < 4.78 is 9.70. The van der Waals surface area contributed by atoms with Crippen LogP contribution in [0.15, 0.2) is 28.8 Å². The number of aromatic nitrogens is 1. The number of hydrogen-bond donors (Lipinski definition) is 2. The molecule has 0 amide bonds. The zero-order chi connectivity index (χ0) is 13.8. The molecule has 1 heterocycles. The van der Waals surface area contributed by atoms with Gasteiger partial charge in [-0.3, -0.25) is 0 Å². The summed E-state index contributed by atoms with van der Waals surface area (Å²) in [5, 5.41) is 6.91. The van der Waals surface area contributed by atoms with Gasteiger partial charge in [-0.1, -0.05) is 5.16 Å². The smallest absolute Gasteiger partial charge is 0.337 e. The van der Waals surface area contributed by atoms with Crippen LogP contribution in [0.25, 0.3) is 0 Å². The van der Waals surface area contributed by atoms with Crippen LogP contribution in [-0.2, 0) is 11.3 Å². The molecular formula is C13H15N3O3. The second-order valence-corrected chi connectivity index (χ2v) is 4.08. The number of benzene rings is 1. The molecule has 0 unspecified atom stereocenters. The fourth-order valence-electron chi connectivity index (χ4n) is 1.65. The number of aryl methyl sites for hydroxylation is 1. The SMILES string of the molecule is COC(=O)c1ccc(NCc2cc(C)no2)c(N)c1. The van der Waals surface area contributed by atoms with E-state index in [2.05, 4.69) is 15.2 Å². The van der Waals surface area contributed by atoms with E-state index in [-0.39, 0.29) is 0 Å². The van der Waals surface area contributed by atoms with Crippen molar-refractivity contribution in [3.05, 3.63) is 41.3 Å². The van der Waals surface area contributed by atoms with E-state index in [1.165, 1.54) is 7.11 Å². The monoisotopic (exact) mass is 261 g/mol. The van der Waals surface area contributed by atoms with Crippen molar-refractivity contribution in [2.24, 2.45) is 0 Å². The van der Waals surface area contributed by atoms with Gasteiger partial charge < -0.3 is 20.3 Å². The van der Waals surface area contributed by atoms with Crippen LogP contribution in [0.3, 0.4) is 0 Å². The first-order valence-electron chi connectivity index (χ1n) is 5.74. The lowest BCUT2D eigenvalue weighted by molar-refractivity contribution is 0.0601. The Labute approximate surface area is 110 Å². The third kappa shape index (κ3) is 3.04. The quantitative estimate of drug-likeness (QED) is 0.646. The number of nitrogens with two attached hydrogens (primary N) is 1. The maximum atomic E-state index is 11.3. The summed E-state index contributed by atoms with van der Waals surface area (Å²) in [4.78, 5) is 11.3. The molecule has 2 aromatic rings. The number of ether oxygens (including phenoxy) is 1. The van der Waals surface area contributed by atoms with Crippen LogP contribution in [-0.4, -0.2) is 18.2 Å². The maximum absolute atomic E-state index is 11.3. The molecule has 0 saturated carbocycles. The van der Waals surface area contributed by atoms with Crippen LogP contribution in [0, 0.1) is 6.92 Å². The van der Waals surface area contributed by atoms with Gasteiger partial charge in [0.25, 0.3) is 0 Å². The highest BCUT2D eigenvalue weighted by Gasteiger charge is 2.08. The van der Waals surface area contributed by atoms with Crippen molar-refractivity contribution in [3.63, 3.8) is 0 Å². The summed E-state index contributed by atoms with van der Waals surface area (Å²) in [6.07, 6.45) is 0. The Morgan fingerprint density at radius 1 is 1.47 bits per heavy atom. The number of methoxy groups -OCH3 is 1. The lowest BCUT2D eigenvalue weighted by Gasteiger charge is -2.08. The molecule has 100 valence electrons. The highest BCUT2D eigenvalue weighted by atomic mass is 16.5. The minimum absolute atomic E-state index is 0.413. The predicted octanol–water partition coefficient (Wildman–Crippen LogP) is 1.96. The Balaban J connectivity index is 2.07. The van der Waals surface area contributed by atoms with Gasteiger partial charge in [0.1, 0.15) is 0 Å². The molecule has 0 bridgehead atoms. The van der Waals surface area contributed by atoms with Gasteiger partial charge in [-0.05, 0) is 25.1 Å². The average molecular weight is 261 g/mol. The van der Waals surface area contributed by atoms with E-state index in [0.29, 0.717) is 23.6 Å².